The zero-order chi connectivity index (χ0) is 29.1. The topological polar surface area (TPSA) is 46.5 Å². The molecule has 5 rings (SSSR count). The monoisotopic (exact) mass is 632 g/mol. The van der Waals surface area contributed by atoms with Crippen LogP contribution in [0.25, 0.3) is 0 Å². The second kappa shape index (κ2) is 14.6. The zero-order valence-corrected chi connectivity index (χ0v) is 23.9. The standard InChI is InChI=1S/C17H28O2.C13H18F6O.4CH4/c1-11-12(2)14-9-13(11)10-15(14)16(18)19-17(3)7-5-4-6-8-17;1-6-7(2)10-4-8(6)3-9(10)5-11(20,12(14,15)16)13(17,18)19;;;;/h11-15H,4-10H2,1-3H3;6-10,20H,3-5H2,1-2H3;4*1H4. The summed E-state index contributed by atoms with van der Waals surface area (Å²) in [6.45, 7) is 10.7. The fraction of sp³-hybridized carbons (Fsp3) is 0.971. The number of halogens is 6. The van der Waals surface area contributed by atoms with E-state index in [2.05, 4.69) is 20.8 Å². The highest BCUT2D eigenvalue weighted by molar-refractivity contribution is 5.74. The Balaban J connectivity index is 0.000000751. The smallest absolute Gasteiger partial charge is 0.426 e. The van der Waals surface area contributed by atoms with Crippen LogP contribution in [0.15, 0.2) is 0 Å². The lowest BCUT2D eigenvalue weighted by atomic mass is 9.72. The highest BCUT2D eigenvalue weighted by atomic mass is 19.4. The van der Waals surface area contributed by atoms with E-state index in [9.17, 15) is 36.2 Å². The second-order valence-corrected chi connectivity index (χ2v) is 14.1. The molecule has 10 atom stereocenters. The minimum atomic E-state index is -5.69. The largest absolute Gasteiger partial charge is 0.459 e. The normalized spacial score (nSPS) is 37.5. The van der Waals surface area contributed by atoms with Crippen LogP contribution in [0, 0.1) is 59.2 Å². The average molecular weight is 633 g/mol. The molecule has 258 valence electrons. The maximum atomic E-state index is 12.7. The molecule has 5 aliphatic rings. The van der Waals surface area contributed by atoms with Crippen LogP contribution < -0.4 is 0 Å². The molecular weight excluding hydrogens is 570 g/mol. The molecule has 0 saturated heterocycles. The van der Waals surface area contributed by atoms with Crippen molar-refractivity contribution < 1.29 is 41.0 Å². The summed E-state index contributed by atoms with van der Waals surface area (Å²) in [5.74, 6) is 2.98. The summed E-state index contributed by atoms with van der Waals surface area (Å²) in [5, 5.41) is 9.28. The van der Waals surface area contributed by atoms with E-state index in [4.69, 9.17) is 4.74 Å². The number of hydrogen-bond donors (Lipinski definition) is 1. The molecule has 0 aromatic rings. The highest BCUT2D eigenvalue weighted by Gasteiger charge is 2.71. The zero-order valence-electron chi connectivity index (χ0n) is 23.9. The van der Waals surface area contributed by atoms with E-state index >= 15 is 0 Å². The van der Waals surface area contributed by atoms with Crippen molar-refractivity contribution in [3.05, 3.63) is 0 Å². The van der Waals surface area contributed by atoms with Gasteiger partial charge in [0.1, 0.15) is 5.60 Å². The third-order valence-corrected chi connectivity index (χ3v) is 12.0. The summed E-state index contributed by atoms with van der Waals surface area (Å²) in [6, 6.07) is 0. The van der Waals surface area contributed by atoms with Gasteiger partial charge in [-0.1, -0.05) is 63.8 Å². The van der Waals surface area contributed by atoms with Crippen molar-refractivity contribution in [3.63, 3.8) is 0 Å². The van der Waals surface area contributed by atoms with Crippen molar-refractivity contribution in [2.75, 3.05) is 0 Å². The quantitative estimate of drug-likeness (QED) is 0.248. The molecule has 0 spiro atoms. The van der Waals surface area contributed by atoms with Crippen molar-refractivity contribution >= 4 is 5.97 Å². The molecule has 0 heterocycles. The van der Waals surface area contributed by atoms with E-state index in [1.54, 1.807) is 0 Å². The van der Waals surface area contributed by atoms with Crippen LogP contribution >= 0.6 is 0 Å². The van der Waals surface area contributed by atoms with Crippen LogP contribution in [0.5, 0.6) is 0 Å². The van der Waals surface area contributed by atoms with Crippen LogP contribution in [0.1, 0.15) is 129 Å². The number of rotatable bonds is 4. The van der Waals surface area contributed by atoms with E-state index in [1.165, 1.54) is 25.7 Å². The molecule has 4 bridgehead atoms. The maximum Gasteiger partial charge on any atom is 0.426 e. The molecule has 9 heteroatoms. The Morgan fingerprint density at radius 1 is 0.721 bits per heavy atom. The van der Waals surface area contributed by atoms with Gasteiger partial charge in [0.25, 0.3) is 5.60 Å². The summed E-state index contributed by atoms with van der Waals surface area (Å²) in [4.78, 5) is 12.5. The fourth-order valence-electron chi connectivity index (χ4n) is 9.03. The third kappa shape index (κ3) is 7.88. The van der Waals surface area contributed by atoms with Crippen LogP contribution in [0.4, 0.5) is 26.3 Å². The van der Waals surface area contributed by atoms with E-state index in [1.807, 2.05) is 13.8 Å². The maximum absolute atomic E-state index is 12.7. The van der Waals surface area contributed by atoms with E-state index < -0.39 is 30.3 Å². The first-order chi connectivity index (χ1) is 17.9. The Bertz CT molecular complexity index is 862. The van der Waals surface area contributed by atoms with Gasteiger partial charge in [-0.05, 0) is 118 Å². The van der Waals surface area contributed by atoms with E-state index in [-0.39, 0.29) is 64.9 Å². The predicted molar refractivity (Wildman–Crippen MR) is 162 cm³/mol. The Morgan fingerprint density at radius 2 is 1.16 bits per heavy atom. The van der Waals surface area contributed by atoms with Crippen molar-refractivity contribution in [2.24, 2.45) is 59.2 Å². The highest BCUT2D eigenvalue weighted by Crippen LogP contribution is 2.59. The second-order valence-electron chi connectivity index (χ2n) is 14.1. The van der Waals surface area contributed by atoms with E-state index in [0.29, 0.717) is 30.6 Å². The average Bonchev–Trinajstić information content (AvgIpc) is 3.57. The lowest BCUT2D eigenvalue weighted by Crippen LogP contribution is -2.58. The first-order valence-corrected chi connectivity index (χ1v) is 15.0. The van der Waals surface area contributed by atoms with Crippen LogP contribution in [0.2, 0.25) is 0 Å². The molecule has 5 fully saturated rings. The van der Waals surface area contributed by atoms with Gasteiger partial charge < -0.3 is 9.84 Å². The van der Waals surface area contributed by atoms with Gasteiger partial charge in [0.2, 0.25) is 0 Å². The first kappa shape index (κ1) is 42.0. The molecule has 0 aliphatic heterocycles. The van der Waals surface area contributed by atoms with Crippen molar-refractivity contribution in [1.82, 2.24) is 0 Å². The van der Waals surface area contributed by atoms with Gasteiger partial charge in [-0.25, -0.2) is 0 Å². The molecule has 0 radical (unpaired) electrons. The Kier molecular flexibility index (Phi) is 14.3. The first-order valence-electron chi connectivity index (χ1n) is 15.0. The fourth-order valence-corrected chi connectivity index (χ4v) is 9.03. The molecule has 43 heavy (non-hydrogen) atoms. The molecule has 3 nitrogen and oxygen atoms in total. The molecule has 5 aliphatic carbocycles. The summed E-state index contributed by atoms with van der Waals surface area (Å²) >= 11 is 0. The number of esters is 1. The number of carbonyl (C=O) groups is 1. The van der Waals surface area contributed by atoms with Gasteiger partial charge in [-0.15, -0.1) is 0 Å². The third-order valence-electron chi connectivity index (χ3n) is 12.0. The minimum absolute atomic E-state index is 0. The Labute approximate surface area is 258 Å². The summed E-state index contributed by atoms with van der Waals surface area (Å²) < 4.78 is 82.2. The minimum Gasteiger partial charge on any atom is -0.459 e. The molecule has 10 unspecified atom stereocenters. The van der Waals surface area contributed by atoms with Gasteiger partial charge in [-0.3, -0.25) is 4.79 Å². The number of fused-ring (bicyclic) bond motifs is 4. The molecule has 0 aromatic carbocycles. The number of alkyl halides is 6. The van der Waals surface area contributed by atoms with Crippen molar-refractivity contribution in [2.45, 2.75) is 152 Å². The van der Waals surface area contributed by atoms with Gasteiger partial charge >= 0.3 is 18.3 Å². The lowest BCUT2D eigenvalue weighted by molar-refractivity contribution is -0.373. The predicted octanol–water partition coefficient (Wildman–Crippen LogP) is 10.9. The van der Waals surface area contributed by atoms with Gasteiger partial charge in [0, 0.05) is 0 Å². The van der Waals surface area contributed by atoms with Crippen LogP contribution in [0.3, 0.4) is 0 Å². The summed E-state index contributed by atoms with van der Waals surface area (Å²) in [5.41, 5.74) is -4.75. The summed E-state index contributed by atoms with van der Waals surface area (Å²) in [7, 11) is 0. The SMILES string of the molecule is C.C.C.C.CC1C2CC(C(=O)OC3(C)CCCCC3)C(C2)C1C.CC1C2CC(CC(O)(C(F)(F)F)C(F)(F)F)C(C2)C1C. The van der Waals surface area contributed by atoms with Crippen molar-refractivity contribution in [1.29, 1.82) is 0 Å². The molecule has 0 aromatic heterocycles. The molecule has 0 amide bonds. The van der Waals surface area contributed by atoms with Gasteiger partial charge in [0.05, 0.1) is 5.92 Å². The van der Waals surface area contributed by atoms with Crippen LogP contribution in [-0.2, 0) is 9.53 Å². The van der Waals surface area contributed by atoms with E-state index in [0.717, 1.165) is 31.1 Å². The molecule has 1 N–H and O–H groups in total. The summed E-state index contributed by atoms with van der Waals surface area (Å²) in [6.07, 6.45) is -3.41. The van der Waals surface area contributed by atoms with Gasteiger partial charge in [-0.2, -0.15) is 26.3 Å². The molecular formula is C34H62F6O3. The Hall–Kier alpha value is -0.990. The Morgan fingerprint density at radius 3 is 1.56 bits per heavy atom. The number of aliphatic hydroxyl groups is 1. The van der Waals surface area contributed by atoms with Crippen molar-refractivity contribution in [3.8, 4) is 0 Å². The number of hydrogen-bond acceptors (Lipinski definition) is 3. The molecule has 5 saturated carbocycles. The number of ether oxygens (including phenoxy) is 1. The number of carbonyl (C=O) groups excluding carboxylic acids is 1. The van der Waals surface area contributed by atoms with Crippen LogP contribution in [-0.4, -0.2) is 34.6 Å². The van der Waals surface area contributed by atoms with Gasteiger partial charge in [0.15, 0.2) is 0 Å². The lowest BCUT2D eigenvalue weighted by Gasteiger charge is -2.39.